The lowest BCUT2D eigenvalue weighted by Crippen LogP contribution is -2.49. The molecule has 86 valence electrons. The second-order valence-corrected chi connectivity index (χ2v) is 5.16. The molecule has 4 atom stereocenters. The maximum absolute atomic E-state index is 11.9. The van der Waals surface area contributed by atoms with Gasteiger partial charge in [-0.25, -0.2) is 0 Å². The number of carbonyl (C=O) groups is 1. The molecule has 0 spiro atoms. The summed E-state index contributed by atoms with van der Waals surface area (Å²) < 4.78 is 0. The molecule has 15 heavy (non-hydrogen) atoms. The highest BCUT2D eigenvalue weighted by Gasteiger charge is 2.38. The van der Waals surface area contributed by atoms with Crippen LogP contribution in [0.1, 0.15) is 39.5 Å². The zero-order valence-corrected chi connectivity index (χ0v) is 9.75. The summed E-state index contributed by atoms with van der Waals surface area (Å²) in [4.78, 5) is 11.9. The molecular formula is C12H22N2O. The van der Waals surface area contributed by atoms with E-state index in [0.717, 1.165) is 18.9 Å². The zero-order valence-electron chi connectivity index (χ0n) is 9.75. The van der Waals surface area contributed by atoms with Crippen molar-refractivity contribution in [3.63, 3.8) is 0 Å². The van der Waals surface area contributed by atoms with E-state index in [-0.39, 0.29) is 11.9 Å². The Balaban J connectivity index is 1.75. The van der Waals surface area contributed by atoms with Crippen molar-refractivity contribution in [2.75, 3.05) is 6.54 Å². The lowest BCUT2D eigenvalue weighted by molar-refractivity contribution is -0.124. The normalized spacial score (nSPS) is 39.9. The summed E-state index contributed by atoms with van der Waals surface area (Å²) in [6, 6.07) is 0.536. The molecule has 0 bridgehead atoms. The monoisotopic (exact) mass is 210 g/mol. The molecular weight excluding hydrogens is 188 g/mol. The van der Waals surface area contributed by atoms with Gasteiger partial charge < -0.3 is 10.6 Å². The number of nitrogens with one attached hydrogen (secondary N) is 2. The summed E-state index contributed by atoms with van der Waals surface area (Å²) >= 11 is 0. The van der Waals surface area contributed by atoms with E-state index in [1.165, 1.54) is 19.3 Å². The predicted octanol–water partition coefficient (Wildman–Crippen LogP) is 1.29. The molecule has 2 aliphatic rings. The summed E-state index contributed by atoms with van der Waals surface area (Å²) in [7, 11) is 0. The molecule has 3 nitrogen and oxygen atoms in total. The van der Waals surface area contributed by atoms with Gasteiger partial charge >= 0.3 is 0 Å². The highest BCUT2D eigenvalue weighted by molar-refractivity contribution is 5.82. The number of rotatable bonds is 3. The van der Waals surface area contributed by atoms with E-state index >= 15 is 0 Å². The van der Waals surface area contributed by atoms with E-state index in [0.29, 0.717) is 12.0 Å². The molecule has 0 aromatic carbocycles. The molecule has 0 aromatic rings. The van der Waals surface area contributed by atoms with Crippen LogP contribution < -0.4 is 10.6 Å². The first-order valence-corrected chi connectivity index (χ1v) is 6.24. The van der Waals surface area contributed by atoms with Gasteiger partial charge in [-0.2, -0.15) is 0 Å². The molecule has 1 aliphatic heterocycles. The summed E-state index contributed by atoms with van der Waals surface area (Å²) in [6.45, 7) is 5.41. The minimum absolute atomic E-state index is 0.0619. The van der Waals surface area contributed by atoms with Crippen molar-refractivity contribution in [2.24, 2.45) is 11.8 Å². The first-order valence-electron chi connectivity index (χ1n) is 6.24. The Hall–Kier alpha value is -0.570. The topological polar surface area (TPSA) is 41.1 Å². The molecule has 0 aromatic heterocycles. The standard InChI is InChI=1S/C12H22N2O/c1-3-9-7-10(9)14-12(15)11-6-8(2)4-5-13-11/h8-11,13H,3-7H2,1-2H3,(H,14,15). The average Bonchev–Trinajstić information content (AvgIpc) is 2.96. The third-order valence-corrected chi connectivity index (χ3v) is 3.76. The first kappa shape index (κ1) is 10.9. The van der Waals surface area contributed by atoms with Crippen molar-refractivity contribution in [1.82, 2.24) is 10.6 Å². The Bertz CT molecular complexity index is 242. The van der Waals surface area contributed by atoms with Gasteiger partial charge in [0.05, 0.1) is 6.04 Å². The van der Waals surface area contributed by atoms with Gasteiger partial charge in [0.25, 0.3) is 0 Å². The molecule has 1 amide bonds. The minimum atomic E-state index is 0.0619. The van der Waals surface area contributed by atoms with Gasteiger partial charge in [-0.05, 0) is 37.6 Å². The van der Waals surface area contributed by atoms with Crippen LogP contribution >= 0.6 is 0 Å². The number of hydrogen-bond donors (Lipinski definition) is 2. The van der Waals surface area contributed by atoms with Crippen molar-refractivity contribution < 1.29 is 4.79 Å². The number of hydrogen-bond acceptors (Lipinski definition) is 2. The summed E-state index contributed by atoms with van der Waals surface area (Å²) in [5.74, 6) is 1.65. The minimum Gasteiger partial charge on any atom is -0.352 e. The predicted molar refractivity (Wildman–Crippen MR) is 60.5 cm³/mol. The molecule has 2 fully saturated rings. The van der Waals surface area contributed by atoms with Crippen molar-refractivity contribution in [3.05, 3.63) is 0 Å². The van der Waals surface area contributed by atoms with E-state index in [1.54, 1.807) is 0 Å². The zero-order chi connectivity index (χ0) is 10.8. The van der Waals surface area contributed by atoms with Crippen LogP contribution in [0, 0.1) is 11.8 Å². The molecule has 4 unspecified atom stereocenters. The van der Waals surface area contributed by atoms with Gasteiger partial charge in [-0.15, -0.1) is 0 Å². The fourth-order valence-corrected chi connectivity index (χ4v) is 2.47. The Morgan fingerprint density at radius 2 is 2.27 bits per heavy atom. The van der Waals surface area contributed by atoms with E-state index in [1.807, 2.05) is 0 Å². The van der Waals surface area contributed by atoms with Crippen LogP contribution in [-0.2, 0) is 4.79 Å². The molecule has 1 aliphatic carbocycles. The van der Waals surface area contributed by atoms with Crippen LogP contribution in [0.2, 0.25) is 0 Å². The fraction of sp³-hybridized carbons (Fsp3) is 0.917. The molecule has 2 rings (SSSR count). The molecule has 1 saturated carbocycles. The Morgan fingerprint density at radius 3 is 2.87 bits per heavy atom. The van der Waals surface area contributed by atoms with Crippen LogP contribution in [0.4, 0.5) is 0 Å². The number of carbonyl (C=O) groups excluding carboxylic acids is 1. The second-order valence-electron chi connectivity index (χ2n) is 5.16. The van der Waals surface area contributed by atoms with Gasteiger partial charge in [0.1, 0.15) is 0 Å². The lowest BCUT2D eigenvalue weighted by Gasteiger charge is -2.27. The molecule has 3 heteroatoms. The fourth-order valence-electron chi connectivity index (χ4n) is 2.47. The maximum Gasteiger partial charge on any atom is 0.237 e. The van der Waals surface area contributed by atoms with Crippen molar-refractivity contribution >= 4 is 5.91 Å². The molecule has 2 N–H and O–H groups in total. The summed E-state index contributed by atoms with van der Waals surface area (Å²) in [5, 5.41) is 6.45. The SMILES string of the molecule is CCC1CC1NC(=O)C1CC(C)CCN1. The molecule has 1 saturated heterocycles. The van der Waals surface area contributed by atoms with Crippen LogP contribution in [0.15, 0.2) is 0 Å². The third-order valence-electron chi connectivity index (χ3n) is 3.76. The van der Waals surface area contributed by atoms with Crippen LogP contribution in [-0.4, -0.2) is 24.5 Å². The largest absolute Gasteiger partial charge is 0.352 e. The van der Waals surface area contributed by atoms with Crippen molar-refractivity contribution in [1.29, 1.82) is 0 Å². The van der Waals surface area contributed by atoms with Gasteiger partial charge in [-0.1, -0.05) is 20.3 Å². The summed E-state index contributed by atoms with van der Waals surface area (Å²) in [5.41, 5.74) is 0. The van der Waals surface area contributed by atoms with Gasteiger partial charge in [0, 0.05) is 6.04 Å². The van der Waals surface area contributed by atoms with E-state index < -0.39 is 0 Å². The Labute approximate surface area is 92.0 Å². The smallest absolute Gasteiger partial charge is 0.237 e. The highest BCUT2D eigenvalue weighted by Crippen LogP contribution is 2.33. The van der Waals surface area contributed by atoms with Gasteiger partial charge in [0.2, 0.25) is 5.91 Å². The number of amides is 1. The maximum atomic E-state index is 11.9. The van der Waals surface area contributed by atoms with E-state index in [2.05, 4.69) is 24.5 Å². The van der Waals surface area contributed by atoms with Gasteiger partial charge in [0.15, 0.2) is 0 Å². The molecule has 0 radical (unpaired) electrons. The summed E-state index contributed by atoms with van der Waals surface area (Å²) in [6.07, 6.45) is 4.57. The van der Waals surface area contributed by atoms with E-state index in [9.17, 15) is 4.79 Å². The van der Waals surface area contributed by atoms with E-state index in [4.69, 9.17) is 0 Å². The van der Waals surface area contributed by atoms with Crippen LogP contribution in [0.25, 0.3) is 0 Å². The second kappa shape index (κ2) is 4.52. The van der Waals surface area contributed by atoms with Gasteiger partial charge in [-0.3, -0.25) is 4.79 Å². The van der Waals surface area contributed by atoms with Crippen LogP contribution in [0.3, 0.4) is 0 Å². The third kappa shape index (κ3) is 2.71. The Morgan fingerprint density at radius 1 is 1.47 bits per heavy atom. The lowest BCUT2D eigenvalue weighted by atomic mass is 9.94. The van der Waals surface area contributed by atoms with Crippen LogP contribution in [0.5, 0.6) is 0 Å². The van der Waals surface area contributed by atoms with Crippen molar-refractivity contribution in [3.8, 4) is 0 Å². The average molecular weight is 210 g/mol. The highest BCUT2D eigenvalue weighted by atomic mass is 16.2. The molecule has 1 heterocycles. The number of piperidine rings is 1. The van der Waals surface area contributed by atoms with Crippen molar-refractivity contribution in [2.45, 2.75) is 51.6 Å². The first-order chi connectivity index (χ1) is 7.20. The quantitative estimate of drug-likeness (QED) is 0.737. The Kier molecular flexibility index (Phi) is 3.29.